The zero-order valence-electron chi connectivity index (χ0n) is 14.1. The number of carboxylic acid groups (broad SMARTS) is 3. The largest absolute Gasteiger partial charge is 0.478 e. The van der Waals surface area contributed by atoms with Crippen molar-refractivity contribution in [1.29, 1.82) is 0 Å². The van der Waals surface area contributed by atoms with Crippen molar-refractivity contribution < 1.29 is 53.9 Å². The predicted molar refractivity (Wildman–Crippen MR) is 90.0 cm³/mol. The number of carbonyl (C=O) groups is 6. The summed E-state index contributed by atoms with van der Waals surface area (Å²) in [7, 11) is 0. The van der Waals surface area contributed by atoms with Crippen LogP contribution in [0.1, 0.15) is 62.1 Å². The number of carboxylic acids is 3. The maximum atomic E-state index is 12.1. The van der Waals surface area contributed by atoms with E-state index in [1.165, 1.54) is 6.07 Å². The van der Waals surface area contributed by atoms with Crippen LogP contribution in [-0.2, 0) is 9.78 Å². The zero-order chi connectivity index (χ0) is 21.7. The first kappa shape index (κ1) is 20.8. The number of benzene rings is 2. The summed E-state index contributed by atoms with van der Waals surface area (Å²) in [4.78, 5) is 77.4. The fraction of sp³-hybridized carbons (Fsp3) is 0. The van der Waals surface area contributed by atoms with Gasteiger partial charge >= 0.3 is 29.8 Å². The van der Waals surface area contributed by atoms with Crippen molar-refractivity contribution in [3.63, 3.8) is 0 Å². The molecule has 11 nitrogen and oxygen atoms in total. The maximum Gasteiger partial charge on any atom is 0.387 e. The Hall–Kier alpha value is -4.54. The molecule has 0 saturated heterocycles. The SMILES string of the molecule is O=Cc1cccc(C(=O)OOC(=O)c2cccc(C(=O)O)c2C(=O)O)c1C(=O)O. The molecule has 0 aromatic heterocycles. The Morgan fingerprint density at radius 1 is 0.655 bits per heavy atom. The molecule has 0 aliphatic rings. The highest BCUT2D eigenvalue weighted by Gasteiger charge is 2.27. The van der Waals surface area contributed by atoms with Crippen molar-refractivity contribution in [2.75, 3.05) is 0 Å². The third-order valence-corrected chi connectivity index (χ3v) is 3.58. The summed E-state index contributed by atoms with van der Waals surface area (Å²) in [6, 6.07) is 6.27. The lowest BCUT2D eigenvalue weighted by Crippen LogP contribution is -2.19. The number of rotatable bonds is 6. The fourth-order valence-electron chi connectivity index (χ4n) is 2.37. The van der Waals surface area contributed by atoms with Gasteiger partial charge in [0.15, 0.2) is 6.29 Å². The molecule has 11 heteroatoms. The lowest BCUT2D eigenvalue weighted by atomic mass is 10.0. The molecule has 2 aromatic carbocycles. The van der Waals surface area contributed by atoms with E-state index in [0.29, 0.717) is 0 Å². The van der Waals surface area contributed by atoms with Crippen LogP contribution >= 0.6 is 0 Å². The molecule has 0 heterocycles. The van der Waals surface area contributed by atoms with Crippen LogP contribution in [0.3, 0.4) is 0 Å². The van der Waals surface area contributed by atoms with Crippen LogP contribution in [0.2, 0.25) is 0 Å². The lowest BCUT2D eigenvalue weighted by Gasteiger charge is -2.09. The first-order valence-corrected chi connectivity index (χ1v) is 7.53. The molecule has 0 unspecified atom stereocenters. The normalized spacial score (nSPS) is 9.93. The van der Waals surface area contributed by atoms with E-state index in [2.05, 4.69) is 9.78 Å². The second kappa shape index (κ2) is 8.43. The highest BCUT2D eigenvalue weighted by molar-refractivity contribution is 6.10. The summed E-state index contributed by atoms with van der Waals surface area (Å²) >= 11 is 0. The fourth-order valence-corrected chi connectivity index (χ4v) is 2.37. The van der Waals surface area contributed by atoms with E-state index >= 15 is 0 Å². The Balaban J connectivity index is 2.32. The molecule has 0 radical (unpaired) electrons. The van der Waals surface area contributed by atoms with Crippen LogP contribution in [0.15, 0.2) is 36.4 Å². The van der Waals surface area contributed by atoms with Gasteiger partial charge in [0.1, 0.15) is 0 Å². The minimum atomic E-state index is -1.74. The third kappa shape index (κ3) is 4.24. The van der Waals surface area contributed by atoms with Gasteiger partial charge in [0.2, 0.25) is 0 Å². The van der Waals surface area contributed by atoms with Gasteiger partial charge in [-0.25, -0.2) is 33.7 Å². The third-order valence-electron chi connectivity index (χ3n) is 3.58. The number of aromatic carboxylic acids is 3. The quantitative estimate of drug-likeness (QED) is 0.362. The van der Waals surface area contributed by atoms with Crippen molar-refractivity contribution in [2.24, 2.45) is 0 Å². The molecule has 2 rings (SSSR count). The second-order valence-electron chi connectivity index (χ2n) is 5.27. The van der Waals surface area contributed by atoms with Crippen molar-refractivity contribution in [3.8, 4) is 0 Å². The van der Waals surface area contributed by atoms with E-state index in [9.17, 15) is 33.9 Å². The van der Waals surface area contributed by atoms with Crippen molar-refractivity contribution in [1.82, 2.24) is 0 Å². The van der Waals surface area contributed by atoms with Gasteiger partial charge in [-0.15, -0.1) is 0 Å². The molecule has 0 aliphatic heterocycles. The van der Waals surface area contributed by atoms with Crippen LogP contribution in [0.25, 0.3) is 0 Å². The summed E-state index contributed by atoms with van der Waals surface area (Å²) in [5, 5.41) is 27.4. The number of carbonyl (C=O) groups excluding carboxylic acids is 3. The number of aldehydes is 1. The average molecular weight is 402 g/mol. The summed E-state index contributed by atoms with van der Waals surface area (Å²) in [6.45, 7) is 0. The Kier molecular flexibility index (Phi) is 6.04. The summed E-state index contributed by atoms with van der Waals surface area (Å²) in [5.41, 5.74) is -3.94. The van der Waals surface area contributed by atoms with E-state index in [4.69, 9.17) is 10.2 Å². The molecule has 3 N–H and O–H groups in total. The average Bonchev–Trinajstić information content (AvgIpc) is 2.70. The molecule has 0 saturated carbocycles. The Morgan fingerprint density at radius 2 is 1.10 bits per heavy atom. The van der Waals surface area contributed by atoms with Crippen LogP contribution in [0.4, 0.5) is 0 Å². The zero-order valence-corrected chi connectivity index (χ0v) is 14.1. The van der Waals surface area contributed by atoms with Crippen molar-refractivity contribution in [2.45, 2.75) is 0 Å². The molecule has 0 bridgehead atoms. The Morgan fingerprint density at radius 3 is 1.55 bits per heavy atom. The topological polar surface area (TPSA) is 182 Å². The first-order valence-electron chi connectivity index (χ1n) is 7.53. The van der Waals surface area contributed by atoms with Crippen LogP contribution < -0.4 is 0 Å². The van der Waals surface area contributed by atoms with Crippen LogP contribution in [0.5, 0.6) is 0 Å². The molecule has 0 aliphatic carbocycles. The van der Waals surface area contributed by atoms with Gasteiger partial charge in [-0.1, -0.05) is 18.2 Å². The molecule has 0 atom stereocenters. The number of hydrogen-bond acceptors (Lipinski definition) is 8. The van der Waals surface area contributed by atoms with Crippen LogP contribution in [-0.4, -0.2) is 51.5 Å². The molecular formula is C18H10O11. The van der Waals surface area contributed by atoms with Gasteiger partial charge in [-0.3, -0.25) is 4.79 Å². The molecule has 0 spiro atoms. The molecule has 0 fully saturated rings. The van der Waals surface area contributed by atoms with E-state index in [-0.39, 0.29) is 11.8 Å². The standard InChI is InChI=1S/C18H10O11/c19-7-8-3-1-5-10(12(8)15(22)23)17(26)28-29-18(27)11-6-2-4-9(14(20)21)13(11)16(24)25/h1-7H,(H,20,21)(H,22,23)(H,24,25). The van der Waals surface area contributed by atoms with Gasteiger partial charge in [-0.2, -0.15) is 0 Å². The highest BCUT2D eigenvalue weighted by atomic mass is 17.2. The smallest absolute Gasteiger partial charge is 0.387 e. The van der Waals surface area contributed by atoms with Gasteiger partial charge in [-0.05, 0) is 18.2 Å². The van der Waals surface area contributed by atoms with Gasteiger partial charge in [0.25, 0.3) is 0 Å². The minimum Gasteiger partial charge on any atom is -0.478 e. The summed E-state index contributed by atoms with van der Waals surface area (Å²) < 4.78 is 0. The van der Waals surface area contributed by atoms with Gasteiger partial charge in [0, 0.05) is 5.56 Å². The molecule has 2 aromatic rings. The predicted octanol–water partition coefficient (Wildman–Crippen LogP) is 1.52. The molecule has 148 valence electrons. The Bertz CT molecular complexity index is 1050. The minimum absolute atomic E-state index is 0.197. The van der Waals surface area contributed by atoms with E-state index in [0.717, 1.165) is 30.3 Å². The monoisotopic (exact) mass is 402 g/mol. The van der Waals surface area contributed by atoms with Crippen molar-refractivity contribution in [3.05, 3.63) is 69.8 Å². The van der Waals surface area contributed by atoms with E-state index < -0.39 is 57.7 Å². The van der Waals surface area contributed by atoms with Gasteiger partial charge < -0.3 is 15.3 Å². The highest BCUT2D eigenvalue weighted by Crippen LogP contribution is 2.18. The second-order valence-corrected chi connectivity index (χ2v) is 5.27. The Labute approximate surface area is 160 Å². The summed E-state index contributed by atoms with van der Waals surface area (Å²) in [5.74, 6) is -7.94. The van der Waals surface area contributed by atoms with E-state index in [1.54, 1.807) is 0 Å². The molecule has 29 heavy (non-hydrogen) atoms. The maximum absolute atomic E-state index is 12.1. The van der Waals surface area contributed by atoms with E-state index in [1.807, 2.05) is 0 Å². The molecular weight excluding hydrogens is 392 g/mol. The van der Waals surface area contributed by atoms with Crippen molar-refractivity contribution >= 4 is 36.1 Å². The van der Waals surface area contributed by atoms with Crippen LogP contribution in [0, 0.1) is 0 Å². The van der Waals surface area contributed by atoms with Gasteiger partial charge in [0.05, 0.1) is 27.8 Å². The lowest BCUT2D eigenvalue weighted by molar-refractivity contribution is -0.187. The number of hydrogen-bond donors (Lipinski definition) is 3. The molecule has 0 amide bonds. The summed E-state index contributed by atoms with van der Waals surface area (Å²) in [6.07, 6.45) is 0.197. The first-order chi connectivity index (χ1) is 13.7.